The first kappa shape index (κ1) is 65.4. The summed E-state index contributed by atoms with van der Waals surface area (Å²) < 4.78 is 39.9. The van der Waals surface area contributed by atoms with Crippen molar-refractivity contribution in [3.8, 4) is 29.3 Å². The van der Waals surface area contributed by atoms with Crippen molar-refractivity contribution >= 4 is 79.0 Å². The molecule has 0 aliphatic carbocycles. The van der Waals surface area contributed by atoms with Crippen molar-refractivity contribution < 1.29 is 57.5 Å². The fourth-order valence-corrected chi connectivity index (χ4v) is 10.9. The Kier molecular flexibility index (Phi) is 21.2. The van der Waals surface area contributed by atoms with Gasteiger partial charge < -0.3 is 71.7 Å². The third kappa shape index (κ3) is 14.7. The number of hydrogen-bond acceptors (Lipinski definition) is 21. The van der Waals surface area contributed by atoms with Crippen molar-refractivity contribution in [3.05, 3.63) is 96.6 Å². The van der Waals surface area contributed by atoms with Gasteiger partial charge in [0.2, 0.25) is 11.8 Å². The van der Waals surface area contributed by atoms with Crippen LogP contribution in [0.15, 0.2) is 61.4 Å². The first-order chi connectivity index (χ1) is 41.9. The summed E-state index contributed by atoms with van der Waals surface area (Å²) in [4.78, 5) is 59.9. The molecule has 25 nitrogen and oxygen atoms in total. The van der Waals surface area contributed by atoms with E-state index < -0.39 is 11.2 Å². The van der Waals surface area contributed by atoms with Gasteiger partial charge >= 0.3 is 31.7 Å². The molecule has 0 radical (unpaired) electrons. The number of piperazine rings is 2. The molecule has 4 fully saturated rings. The van der Waals surface area contributed by atoms with E-state index in [0.717, 1.165) is 90.1 Å². The zero-order valence-corrected chi connectivity index (χ0v) is 54.4. The van der Waals surface area contributed by atoms with E-state index in [2.05, 4.69) is 56.0 Å². The number of anilines is 2. The fourth-order valence-electron chi connectivity index (χ4n) is 10.7. The van der Waals surface area contributed by atoms with Crippen LogP contribution in [0.3, 0.4) is 0 Å². The van der Waals surface area contributed by atoms with Crippen LogP contribution in [0.25, 0.3) is 43.6 Å². The van der Waals surface area contributed by atoms with Crippen LogP contribution in [0.4, 0.5) is 21.2 Å². The van der Waals surface area contributed by atoms with Gasteiger partial charge in [-0.3, -0.25) is 0 Å². The predicted molar refractivity (Wildman–Crippen MR) is 321 cm³/mol. The van der Waals surface area contributed by atoms with E-state index in [1.165, 1.54) is 12.7 Å². The van der Waals surface area contributed by atoms with E-state index in [1.54, 1.807) is 28.1 Å². The average molecular weight is 1270 g/mol. The van der Waals surface area contributed by atoms with Crippen molar-refractivity contribution in [2.24, 2.45) is 0 Å². The van der Waals surface area contributed by atoms with Gasteiger partial charge in [-0.25, -0.2) is 43.9 Å². The minimum atomic E-state index is -0.556. The Bertz CT molecular complexity index is 3860. The van der Waals surface area contributed by atoms with Gasteiger partial charge in [0.1, 0.15) is 74.9 Å². The van der Waals surface area contributed by atoms with Crippen LogP contribution in [0.2, 0.25) is 5.15 Å². The van der Waals surface area contributed by atoms with Gasteiger partial charge in [-0.2, -0.15) is 20.4 Å². The minimum absolute atomic E-state index is 0. The number of benzene rings is 2. The SMILES string of the molecule is Cc1ccc2c(cnn2C2CCCCO2)c1Oc1nc(C#N)cc2c(N3CCN(C(=O)OC(C)(C)C)CC3)ncnc12.Cc1ccc2c(cnn2C2CCCCO2)c1Oc1nc(Cl)cc2c(N3CCN(C(=O)OC(C)(C)C)CC3)ncnc12.[C-]#N.[C-]#N.[Zn+2]. The van der Waals surface area contributed by atoms with E-state index in [-0.39, 0.29) is 60.8 Å². The molecule has 10 heterocycles. The molecule has 12 rings (SSSR count). The molecule has 0 bridgehead atoms. The van der Waals surface area contributed by atoms with Crippen molar-refractivity contribution in [3.63, 3.8) is 0 Å². The van der Waals surface area contributed by atoms with Crippen LogP contribution in [-0.4, -0.2) is 148 Å². The standard InChI is InChI=1S/C30H34N8O4.C29H34ClN7O4.2CN.Zn/c1-19-8-9-23-22(17-34-38(23)24-7-5-6-14-40-24)26(19)41-28-25-21(15-20(16-31)35-28)27(33-18-32-25)36-10-12-37(13-11-36)29(39)42-30(2,3)4;1-18-8-9-21-20(16-33-37(21)23-7-5-6-14-39-23)25(18)40-27-24-19(15-22(30)34-27)26(32-17-31-24)35-10-12-36(13-11-35)28(38)41-29(2,3)4;2*1-2;/h8-9,15,17-18,24H,5-7,10-14H2,1-4H3;8-9,15-17,23H,5-7,10-14H2,1-4H3;;;/q;;2*-1;+2. The van der Waals surface area contributed by atoms with Gasteiger partial charge in [0.15, 0.2) is 12.5 Å². The number of carbonyl (C=O) groups excluding carboxylic acids is 2. The molecule has 0 N–H and O–H groups in total. The number of amides is 2. The summed E-state index contributed by atoms with van der Waals surface area (Å²) >= 11 is 6.52. The van der Waals surface area contributed by atoms with Crippen LogP contribution in [-0.2, 0) is 38.4 Å². The van der Waals surface area contributed by atoms with Crippen molar-refractivity contribution in [2.45, 2.75) is 118 Å². The van der Waals surface area contributed by atoms with Crippen LogP contribution < -0.4 is 19.3 Å². The van der Waals surface area contributed by atoms with Gasteiger partial charge in [0, 0.05) is 65.6 Å². The number of fused-ring (bicyclic) bond motifs is 4. The van der Waals surface area contributed by atoms with E-state index in [0.29, 0.717) is 97.8 Å². The van der Waals surface area contributed by atoms with Gasteiger partial charge in [-0.15, -0.1) is 0 Å². The molecular weight excluding hydrogens is 1200 g/mol. The average Bonchev–Trinajstić information content (AvgIpc) is 1.44. The molecule has 27 heteroatoms. The Morgan fingerprint density at radius 2 is 1.02 bits per heavy atom. The normalized spacial score (nSPS) is 17.0. The van der Waals surface area contributed by atoms with E-state index in [9.17, 15) is 14.9 Å². The number of aryl methyl sites for hydroxylation is 2. The Morgan fingerprint density at radius 1 is 0.602 bits per heavy atom. The molecule has 2 atom stereocenters. The zero-order valence-electron chi connectivity index (χ0n) is 50.7. The molecule has 2 amide bonds. The molecule has 0 spiro atoms. The Balaban J connectivity index is 0.000000214. The van der Waals surface area contributed by atoms with Crippen LogP contribution >= 0.6 is 11.6 Å². The van der Waals surface area contributed by atoms with Crippen molar-refractivity contribution in [1.29, 1.82) is 15.8 Å². The molecule has 8 aromatic rings. The largest absolute Gasteiger partial charge is 2.00 e. The zero-order chi connectivity index (χ0) is 62.2. The Morgan fingerprint density at radius 3 is 1.42 bits per heavy atom. The number of nitrogens with zero attached hydrogens (tertiary/aromatic N) is 17. The monoisotopic (exact) mass is 1270 g/mol. The number of carbonyl (C=O) groups is 2. The second-order valence-electron chi connectivity index (χ2n) is 23.1. The van der Waals surface area contributed by atoms with Crippen LogP contribution in [0.1, 0.15) is 109 Å². The quantitative estimate of drug-likeness (QED) is 0.0776. The molecule has 88 heavy (non-hydrogen) atoms. The third-order valence-corrected chi connectivity index (χ3v) is 15.0. The number of pyridine rings is 2. The molecule has 4 saturated heterocycles. The van der Waals surface area contributed by atoms with Crippen LogP contribution in [0.5, 0.6) is 23.3 Å². The predicted octanol–water partition coefficient (Wildman–Crippen LogP) is 11.2. The second-order valence-corrected chi connectivity index (χ2v) is 23.5. The summed E-state index contributed by atoms with van der Waals surface area (Å²) in [5, 5.41) is 35.0. The number of halogens is 1. The summed E-state index contributed by atoms with van der Waals surface area (Å²) in [6.07, 6.45) is 11.9. The van der Waals surface area contributed by atoms with Gasteiger partial charge in [0.25, 0.3) is 0 Å². The molecule has 2 unspecified atom stereocenters. The summed E-state index contributed by atoms with van der Waals surface area (Å²) in [7, 11) is 0. The molecule has 4 aliphatic rings. The first-order valence-electron chi connectivity index (χ1n) is 28.7. The number of nitriles is 1. The maximum absolute atomic E-state index is 12.6. The summed E-state index contributed by atoms with van der Waals surface area (Å²) in [5.74, 6) is 3.13. The Hall–Kier alpha value is -8.60. The van der Waals surface area contributed by atoms with Crippen molar-refractivity contribution in [1.82, 2.24) is 59.3 Å². The summed E-state index contributed by atoms with van der Waals surface area (Å²) in [5.41, 5.74) is 3.81. The fraction of sp³-hybridized carbons (Fsp3) is 0.459. The van der Waals surface area contributed by atoms with Gasteiger partial charge in [-0.05, 0) is 129 Å². The molecule has 4 aliphatic heterocycles. The first-order valence-corrected chi connectivity index (χ1v) is 29.1. The van der Waals surface area contributed by atoms with E-state index >= 15 is 0 Å². The molecule has 0 saturated carbocycles. The smallest absolute Gasteiger partial charge is 0.512 e. The second kappa shape index (κ2) is 28.5. The Labute approximate surface area is 527 Å². The number of hydrogen-bond donors (Lipinski definition) is 0. The number of rotatable bonds is 8. The van der Waals surface area contributed by atoms with Crippen LogP contribution in [0, 0.1) is 48.8 Å². The molecular formula is C61H68ClN17O8Zn. The number of aromatic nitrogens is 10. The number of ether oxygens (including phenoxy) is 6. The van der Waals surface area contributed by atoms with Gasteiger partial charge in [-0.1, -0.05) is 23.7 Å². The summed E-state index contributed by atoms with van der Waals surface area (Å²) in [6.45, 7) is 30.3. The molecule has 6 aromatic heterocycles. The van der Waals surface area contributed by atoms with E-state index in [1.807, 2.05) is 95.2 Å². The van der Waals surface area contributed by atoms with Crippen molar-refractivity contribution in [2.75, 3.05) is 75.4 Å². The maximum Gasteiger partial charge on any atom is 2.00 e. The topological polar surface area (TPSA) is 287 Å². The minimum Gasteiger partial charge on any atom is -0.512 e. The maximum atomic E-state index is 12.6. The van der Waals surface area contributed by atoms with E-state index in [4.69, 9.17) is 63.7 Å². The third-order valence-electron chi connectivity index (χ3n) is 14.8. The van der Waals surface area contributed by atoms with Gasteiger partial charge in [0.05, 0.1) is 45.0 Å². The molecule has 2 aromatic carbocycles. The summed E-state index contributed by atoms with van der Waals surface area (Å²) in [6, 6.07) is 13.7. The molecule has 454 valence electrons.